The van der Waals surface area contributed by atoms with Crippen molar-refractivity contribution in [3.8, 4) is 44.5 Å². The molecule has 12 rings (SSSR count). The normalized spacial score (nSPS) is 12.8. The molecular weight excluding hydrogens is 821 g/mol. The molecule has 2 nitrogen and oxygen atoms in total. The van der Waals surface area contributed by atoms with Gasteiger partial charge in [0, 0.05) is 40.0 Å². The molecule has 0 spiro atoms. The maximum Gasteiger partial charge on any atom is 0.0488 e. The van der Waals surface area contributed by atoms with Gasteiger partial charge in [-0.3, -0.25) is 0 Å². The molecule has 0 heterocycles. The SMILES string of the molecule is c1ccc(-c2cccc(N(c3ccccc3)c3cc(-c4ccc5c(c4)-c4ccccc4C(c4cccc6ccccc46)C5)cc(N(c4ccccc4)c4cccc(-c5ccccc5)c4)c3)c2)cc1. The van der Waals surface area contributed by atoms with E-state index in [-0.39, 0.29) is 5.92 Å². The van der Waals surface area contributed by atoms with Crippen LogP contribution in [0.3, 0.4) is 0 Å². The Hall–Kier alpha value is -8.72. The van der Waals surface area contributed by atoms with Gasteiger partial charge < -0.3 is 9.80 Å². The van der Waals surface area contributed by atoms with Crippen molar-refractivity contribution in [2.45, 2.75) is 12.3 Å². The molecule has 0 radical (unpaired) electrons. The molecule has 0 fully saturated rings. The van der Waals surface area contributed by atoms with Gasteiger partial charge in [-0.25, -0.2) is 0 Å². The highest BCUT2D eigenvalue weighted by Gasteiger charge is 2.28. The van der Waals surface area contributed by atoms with Crippen LogP contribution in [0, 0.1) is 0 Å². The Morgan fingerprint density at radius 1 is 0.265 bits per heavy atom. The molecular formula is C66H48N2. The third-order valence-electron chi connectivity index (χ3n) is 13.6. The van der Waals surface area contributed by atoms with Crippen molar-refractivity contribution >= 4 is 44.9 Å². The van der Waals surface area contributed by atoms with Gasteiger partial charge in [0.15, 0.2) is 0 Å². The van der Waals surface area contributed by atoms with Crippen molar-refractivity contribution < 1.29 is 0 Å². The molecule has 2 heteroatoms. The summed E-state index contributed by atoms with van der Waals surface area (Å²) in [5, 5.41) is 2.61. The van der Waals surface area contributed by atoms with Gasteiger partial charge in [-0.2, -0.15) is 0 Å². The van der Waals surface area contributed by atoms with E-state index in [1.54, 1.807) is 0 Å². The first-order valence-electron chi connectivity index (χ1n) is 23.6. The van der Waals surface area contributed by atoms with E-state index < -0.39 is 0 Å². The van der Waals surface area contributed by atoms with E-state index in [1.807, 2.05) is 0 Å². The van der Waals surface area contributed by atoms with E-state index in [1.165, 1.54) is 66.4 Å². The number of anilines is 6. The summed E-state index contributed by atoms with van der Waals surface area (Å²) in [6.45, 7) is 0. The number of benzene rings is 11. The lowest BCUT2D eigenvalue weighted by Crippen LogP contribution is -2.14. The molecule has 0 saturated heterocycles. The number of nitrogens with zero attached hydrogens (tertiary/aromatic N) is 2. The topological polar surface area (TPSA) is 6.48 Å². The first-order chi connectivity index (χ1) is 33.7. The third kappa shape index (κ3) is 7.82. The fraction of sp³-hybridized carbons (Fsp3) is 0.0303. The monoisotopic (exact) mass is 868 g/mol. The Labute approximate surface area is 399 Å². The third-order valence-corrected chi connectivity index (χ3v) is 13.6. The zero-order valence-electron chi connectivity index (χ0n) is 37.7. The highest BCUT2D eigenvalue weighted by Crippen LogP contribution is 2.48. The predicted octanol–water partition coefficient (Wildman–Crippen LogP) is 18.1. The second-order valence-corrected chi connectivity index (χ2v) is 17.7. The minimum absolute atomic E-state index is 0.253. The van der Waals surface area contributed by atoms with Gasteiger partial charge in [-0.15, -0.1) is 0 Å². The average molecular weight is 869 g/mol. The van der Waals surface area contributed by atoms with Gasteiger partial charge in [0.05, 0.1) is 0 Å². The fourth-order valence-electron chi connectivity index (χ4n) is 10.4. The summed E-state index contributed by atoms with van der Waals surface area (Å²) < 4.78 is 0. The first-order valence-corrected chi connectivity index (χ1v) is 23.6. The summed E-state index contributed by atoms with van der Waals surface area (Å²) in [6, 6.07) is 99.7. The van der Waals surface area contributed by atoms with Crippen LogP contribution in [0.5, 0.6) is 0 Å². The van der Waals surface area contributed by atoms with Crippen molar-refractivity contribution in [1.29, 1.82) is 0 Å². The van der Waals surface area contributed by atoms with Crippen LogP contribution >= 0.6 is 0 Å². The lowest BCUT2D eigenvalue weighted by atomic mass is 9.74. The highest BCUT2D eigenvalue weighted by molar-refractivity contribution is 5.91. The first kappa shape index (κ1) is 40.8. The van der Waals surface area contributed by atoms with Crippen LogP contribution in [0.2, 0.25) is 0 Å². The van der Waals surface area contributed by atoms with Crippen molar-refractivity contribution in [2.75, 3.05) is 9.80 Å². The molecule has 0 aromatic heterocycles. The number of hydrogen-bond acceptors (Lipinski definition) is 2. The Morgan fingerprint density at radius 3 is 1.32 bits per heavy atom. The average Bonchev–Trinajstić information content (AvgIpc) is 3.42. The second kappa shape index (κ2) is 17.9. The maximum absolute atomic E-state index is 2.45. The molecule has 0 saturated carbocycles. The quantitative estimate of drug-likeness (QED) is 0.135. The Bertz CT molecular complexity index is 3400. The Kier molecular flexibility index (Phi) is 10.7. The molecule has 11 aromatic carbocycles. The number of hydrogen-bond donors (Lipinski definition) is 0. The second-order valence-electron chi connectivity index (χ2n) is 17.7. The number of para-hydroxylation sites is 2. The molecule has 1 unspecified atom stereocenters. The summed E-state index contributed by atoms with van der Waals surface area (Å²) in [5.74, 6) is 0.253. The van der Waals surface area contributed by atoms with Gasteiger partial charge in [0.25, 0.3) is 0 Å². The molecule has 0 amide bonds. The van der Waals surface area contributed by atoms with Crippen molar-refractivity contribution in [3.63, 3.8) is 0 Å². The van der Waals surface area contributed by atoms with Crippen molar-refractivity contribution in [2.24, 2.45) is 0 Å². The summed E-state index contributed by atoms with van der Waals surface area (Å²) in [6.07, 6.45) is 0.936. The summed E-state index contributed by atoms with van der Waals surface area (Å²) in [7, 11) is 0. The van der Waals surface area contributed by atoms with E-state index in [4.69, 9.17) is 0 Å². The fourth-order valence-corrected chi connectivity index (χ4v) is 10.4. The van der Waals surface area contributed by atoms with Crippen LogP contribution < -0.4 is 9.80 Å². The molecule has 0 aliphatic heterocycles. The minimum atomic E-state index is 0.253. The zero-order valence-corrected chi connectivity index (χ0v) is 37.7. The van der Waals surface area contributed by atoms with Crippen LogP contribution in [0.15, 0.2) is 273 Å². The van der Waals surface area contributed by atoms with Gasteiger partial charge in [0.1, 0.15) is 0 Å². The van der Waals surface area contributed by atoms with E-state index in [0.717, 1.165) is 46.1 Å². The Morgan fingerprint density at radius 2 is 0.706 bits per heavy atom. The van der Waals surface area contributed by atoms with Crippen LogP contribution in [-0.2, 0) is 6.42 Å². The van der Waals surface area contributed by atoms with Crippen LogP contribution in [-0.4, -0.2) is 0 Å². The molecule has 0 N–H and O–H groups in total. The molecule has 11 aromatic rings. The van der Waals surface area contributed by atoms with E-state index in [9.17, 15) is 0 Å². The molecule has 68 heavy (non-hydrogen) atoms. The molecule has 322 valence electrons. The summed E-state index contributed by atoms with van der Waals surface area (Å²) in [4.78, 5) is 4.82. The summed E-state index contributed by atoms with van der Waals surface area (Å²) >= 11 is 0. The minimum Gasteiger partial charge on any atom is -0.310 e. The van der Waals surface area contributed by atoms with E-state index in [2.05, 4.69) is 283 Å². The highest BCUT2D eigenvalue weighted by atomic mass is 15.2. The van der Waals surface area contributed by atoms with Crippen LogP contribution in [0.4, 0.5) is 34.1 Å². The van der Waals surface area contributed by atoms with E-state index >= 15 is 0 Å². The predicted molar refractivity (Wildman–Crippen MR) is 287 cm³/mol. The van der Waals surface area contributed by atoms with E-state index in [0.29, 0.717) is 0 Å². The molecule has 1 aliphatic carbocycles. The maximum atomic E-state index is 2.45. The lowest BCUT2D eigenvalue weighted by Gasteiger charge is -2.31. The number of fused-ring (bicyclic) bond motifs is 4. The van der Waals surface area contributed by atoms with Crippen LogP contribution in [0.25, 0.3) is 55.3 Å². The van der Waals surface area contributed by atoms with Gasteiger partial charge in [-0.05, 0) is 151 Å². The number of rotatable bonds is 10. The molecule has 0 bridgehead atoms. The van der Waals surface area contributed by atoms with Gasteiger partial charge >= 0.3 is 0 Å². The molecule has 1 atom stereocenters. The largest absolute Gasteiger partial charge is 0.310 e. The molecule has 1 aliphatic rings. The van der Waals surface area contributed by atoms with Crippen LogP contribution in [0.1, 0.15) is 22.6 Å². The standard InChI is InChI=1S/C66H48N2/c1-5-20-47(21-6-1)50-26-17-32-57(40-50)67(55-28-9-3-10-29-55)59-42-54(43-60(46-59)68(56-30-11-4-12-31-56)58-33-18-27-51(41-58)48-22-7-2-8-23-48)52-38-39-53-45-66(64-36-16-15-35-63(64)65(53)44-52)62-37-19-25-49-24-13-14-34-61(49)62/h1-44,46,66H,45H2. The smallest absolute Gasteiger partial charge is 0.0488 e. The Balaban J connectivity index is 1.06. The van der Waals surface area contributed by atoms with Crippen molar-refractivity contribution in [1.82, 2.24) is 0 Å². The van der Waals surface area contributed by atoms with Crippen molar-refractivity contribution in [3.05, 3.63) is 290 Å². The van der Waals surface area contributed by atoms with Gasteiger partial charge in [-0.1, -0.05) is 200 Å². The summed E-state index contributed by atoms with van der Waals surface area (Å²) in [5.41, 5.74) is 20.2. The lowest BCUT2D eigenvalue weighted by molar-refractivity contribution is 0.800. The zero-order chi connectivity index (χ0) is 45.2. The van der Waals surface area contributed by atoms with Gasteiger partial charge in [0.2, 0.25) is 0 Å².